The second-order valence-corrected chi connectivity index (χ2v) is 3.34. The van der Waals surface area contributed by atoms with Crippen LogP contribution in [0.15, 0.2) is 0 Å². The number of cyclic esters (lactones) is 1. The van der Waals surface area contributed by atoms with E-state index in [9.17, 15) is 14.4 Å². The first-order valence-electron chi connectivity index (χ1n) is 4.03. The Morgan fingerprint density at radius 1 is 1.29 bits per heavy atom. The molecule has 0 aromatic carbocycles. The van der Waals surface area contributed by atoms with E-state index in [2.05, 4.69) is 4.74 Å². The largest absolute Gasteiger partial charge is 0.478 e. The number of hydrogen-bond donors (Lipinski definition) is 2. The topological polar surface area (TPSA) is 101 Å². The second-order valence-electron chi connectivity index (χ2n) is 3.34. The van der Waals surface area contributed by atoms with Gasteiger partial charge in [0, 0.05) is 5.92 Å². The highest BCUT2D eigenvalue weighted by Gasteiger charge is 2.63. The van der Waals surface area contributed by atoms with E-state index in [4.69, 9.17) is 10.2 Å². The molecule has 1 aliphatic rings. The van der Waals surface area contributed by atoms with Crippen molar-refractivity contribution in [3.8, 4) is 0 Å². The van der Waals surface area contributed by atoms with Gasteiger partial charge >= 0.3 is 23.5 Å². The SMILES string of the molecule is CC1C(=O)OC(C(=O)O)(C(=O)O)C1C. The molecule has 2 unspecified atom stereocenters. The number of carbonyl (C=O) groups excluding carboxylic acids is 1. The van der Waals surface area contributed by atoms with Gasteiger partial charge in [0.1, 0.15) is 0 Å². The molecule has 0 aromatic rings. The summed E-state index contributed by atoms with van der Waals surface area (Å²) in [7, 11) is 0. The highest BCUT2D eigenvalue weighted by atomic mass is 16.6. The Hall–Kier alpha value is -1.59. The first-order valence-corrected chi connectivity index (χ1v) is 4.03. The molecular weight excluding hydrogens is 192 g/mol. The van der Waals surface area contributed by atoms with E-state index < -0.39 is 35.3 Å². The monoisotopic (exact) mass is 202 g/mol. The summed E-state index contributed by atoms with van der Waals surface area (Å²) in [5, 5.41) is 17.6. The fraction of sp³-hybridized carbons (Fsp3) is 0.625. The summed E-state index contributed by atoms with van der Waals surface area (Å²) < 4.78 is 4.46. The number of aliphatic carboxylic acids is 2. The van der Waals surface area contributed by atoms with Gasteiger partial charge in [0.15, 0.2) is 0 Å². The Balaban J connectivity index is 3.20. The van der Waals surface area contributed by atoms with Gasteiger partial charge in [-0.25, -0.2) is 9.59 Å². The first kappa shape index (κ1) is 10.5. The standard InChI is InChI=1S/C8H10O6/c1-3-4(2)8(6(10)11,7(12)13)14-5(3)9/h3-4H,1-2H3,(H,10,11)(H,12,13). The van der Waals surface area contributed by atoms with Crippen LogP contribution in [-0.2, 0) is 19.1 Å². The van der Waals surface area contributed by atoms with Gasteiger partial charge in [-0.1, -0.05) is 13.8 Å². The van der Waals surface area contributed by atoms with Crippen LogP contribution in [0.5, 0.6) is 0 Å². The molecule has 1 aliphatic heterocycles. The summed E-state index contributed by atoms with van der Waals surface area (Å²) in [5.74, 6) is -5.68. The number of carbonyl (C=O) groups is 3. The van der Waals surface area contributed by atoms with Crippen LogP contribution in [0.2, 0.25) is 0 Å². The molecule has 6 nitrogen and oxygen atoms in total. The van der Waals surface area contributed by atoms with Crippen LogP contribution in [0.1, 0.15) is 13.8 Å². The van der Waals surface area contributed by atoms with Crippen molar-refractivity contribution >= 4 is 17.9 Å². The molecule has 0 saturated carbocycles. The minimum absolute atomic E-state index is 0.720. The summed E-state index contributed by atoms with van der Waals surface area (Å²) in [6.45, 7) is 2.82. The Morgan fingerprint density at radius 2 is 1.71 bits per heavy atom. The maximum Gasteiger partial charge on any atom is 0.360 e. The van der Waals surface area contributed by atoms with Crippen molar-refractivity contribution in [1.29, 1.82) is 0 Å². The summed E-state index contributed by atoms with van der Waals surface area (Å²) in [6.07, 6.45) is 0. The molecule has 1 saturated heterocycles. The molecule has 0 radical (unpaired) electrons. The molecule has 1 heterocycles. The van der Waals surface area contributed by atoms with Crippen molar-refractivity contribution in [3.05, 3.63) is 0 Å². The van der Waals surface area contributed by atoms with E-state index >= 15 is 0 Å². The first-order chi connectivity index (χ1) is 6.34. The molecule has 1 fully saturated rings. The molecule has 0 amide bonds. The molecule has 14 heavy (non-hydrogen) atoms. The van der Waals surface area contributed by atoms with Crippen molar-refractivity contribution < 1.29 is 29.3 Å². The van der Waals surface area contributed by atoms with Crippen LogP contribution in [0.4, 0.5) is 0 Å². The van der Waals surface area contributed by atoms with Crippen LogP contribution in [-0.4, -0.2) is 33.7 Å². The maximum atomic E-state index is 11.1. The Kier molecular flexibility index (Phi) is 2.22. The number of rotatable bonds is 2. The zero-order valence-electron chi connectivity index (χ0n) is 7.68. The van der Waals surface area contributed by atoms with Crippen molar-refractivity contribution in [2.24, 2.45) is 11.8 Å². The number of hydrogen-bond acceptors (Lipinski definition) is 4. The zero-order chi connectivity index (χ0) is 11.1. The van der Waals surface area contributed by atoms with E-state index in [1.54, 1.807) is 0 Å². The smallest absolute Gasteiger partial charge is 0.360 e. The van der Waals surface area contributed by atoms with Crippen LogP contribution in [0.25, 0.3) is 0 Å². The average molecular weight is 202 g/mol. The van der Waals surface area contributed by atoms with Crippen molar-refractivity contribution in [3.63, 3.8) is 0 Å². The number of esters is 1. The number of carboxylic acids is 2. The lowest BCUT2D eigenvalue weighted by atomic mass is 9.83. The molecule has 0 bridgehead atoms. The lowest BCUT2D eigenvalue weighted by Crippen LogP contribution is -2.51. The molecule has 0 aliphatic carbocycles. The highest BCUT2D eigenvalue weighted by molar-refractivity contribution is 6.06. The third kappa shape index (κ3) is 1.07. The normalized spacial score (nSPS) is 29.7. The minimum Gasteiger partial charge on any atom is -0.478 e. The van der Waals surface area contributed by atoms with Gasteiger partial charge in [0.25, 0.3) is 0 Å². The van der Waals surface area contributed by atoms with Crippen LogP contribution in [0, 0.1) is 11.8 Å². The summed E-state index contributed by atoms with van der Waals surface area (Å²) in [5.41, 5.74) is -2.42. The number of ether oxygens (including phenoxy) is 1. The lowest BCUT2D eigenvalue weighted by Gasteiger charge is -2.22. The van der Waals surface area contributed by atoms with Gasteiger partial charge in [-0.05, 0) is 0 Å². The lowest BCUT2D eigenvalue weighted by molar-refractivity contribution is -0.185. The molecule has 6 heteroatoms. The van der Waals surface area contributed by atoms with E-state index in [0.717, 1.165) is 0 Å². The van der Waals surface area contributed by atoms with Crippen molar-refractivity contribution in [1.82, 2.24) is 0 Å². The molecule has 1 rings (SSSR count). The molecule has 2 N–H and O–H groups in total. The van der Waals surface area contributed by atoms with E-state index in [1.165, 1.54) is 13.8 Å². The van der Waals surface area contributed by atoms with Gasteiger partial charge in [-0.15, -0.1) is 0 Å². The van der Waals surface area contributed by atoms with E-state index in [1.807, 2.05) is 0 Å². The van der Waals surface area contributed by atoms with Gasteiger partial charge < -0.3 is 14.9 Å². The van der Waals surface area contributed by atoms with Gasteiger partial charge in [-0.2, -0.15) is 0 Å². The van der Waals surface area contributed by atoms with Gasteiger partial charge in [0.05, 0.1) is 5.92 Å². The van der Waals surface area contributed by atoms with Crippen molar-refractivity contribution in [2.45, 2.75) is 19.4 Å². The van der Waals surface area contributed by atoms with E-state index in [0.29, 0.717) is 0 Å². The summed E-state index contributed by atoms with van der Waals surface area (Å²) in [6, 6.07) is 0. The summed E-state index contributed by atoms with van der Waals surface area (Å²) in [4.78, 5) is 32.7. The van der Waals surface area contributed by atoms with E-state index in [-0.39, 0.29) is 0 Å². The van der Waals surface area contributed by atoms with Gasteiger partial charge in [-0.3, -0.25) is 4.79 Å². The molecule has 0 spiro atoms. The molecular formula is C8H10O6. The highest BCUT2D eigenvalue weighted by Crippen LogP contribution is 2.37. The Labute approximate surface area is 79.5 Å². The fourth-order valence-electron chi connectivity index (χ4n) is 1.47. The fourth-order valence-corrected chi connectivity index (χ4v) is 1.47. The predicted octanol–water partition coefficient (Wildman–Crippen LogP) is -0.277. The second kappa shape index (κ2) is 2.97. The molecule has 0 aromatic heterocycles. The van der Waals surface area contributed by atoms with Crippen LogP contribution >= 0.6 is 0 Å². The summed E-state index contributed by atoms with van der Waals surface area (Å²) >= 11 is 0. The van der Waals surface area contributed by atoms with Crippen molar-refractivity contribution in [2.75, 3.05) is 0 Å². The predicted molar refractivity (Wildman–Crippen MR) is 42.4 cm³/mol. The maximum absolute atomic E-state index is 11.1. The molecule has 2 atom stereocenters. The quantitative estimate of drug-likeness (QED) is 0.472. The molecule has 78 valence electrons. The Bertz CT molecular complexity index is 293. The zero-order valence-corrected chi connectivity index (χ0v) is 7.68. The third-order valence-corrected chi connectivity index (χ3v) is 2.66. The minimum atomic E-state index is -2.42. The van der Waals surface area contributed by atoms with Crippen LogP contribution in [0.3, 0.4) is 0 Å². The Morgan fingerprint density at radius 3 is 1.86 bits per heavy atom. The number of carboxylic acid groups (broad SMARTS) is 2. The third-order valence-electron chi connectivity index (χ3n) is 2.66. The van der Waals surface area contributed by atoms with Crippen LogP contribution < -0.4 is 0 Å². The average Bonchev–Trinajstić information content (AvgIpc) is 2.30. The van der Waals surface area contributed by atoms with Gasteiger partial charge in [0.2, 0.25) is 0 Å².